The third kappa shape index (κ3) is 24.3. The topological polar surface area (TPSA) is 561 Å². The summed E-state index contributed by atoms with van der Waals surface area (Å²) in [6.45, 7) is 8.98. The van der Waals surface area contributed by atoms with Crippen LogP contribution in [0.4, 0.5) is 0 Å². The Bertz CT molecular complexity index is 4110. The van der Waals surface area contributed by atoms with Gasteiger partial charge in [-0.25, -0.2) is 4.79 Å². The van der Waals surface area contributed by atoms with Crippen molar-refractivity contribution in [3.63, 3.8) is 0 Å². The van der Waals surface area contributed by atoms with Gasteiger partial charge in [-0.1, -0.05) is 103 Å². The molecule has 0 spiro atoms. The summed E-state index contributed by atoms with van der Waals surface area (Å²) in [4.78, 5) is 194. The minimum Gasteiger partial charge on any atom is -0.481 e. The highest BCUT2D eigenvalue weighted by atomic mass is 32.1. The Balaban J connectivity index is 1.27. The van der Waals surface area contributed by atoms with E-state index in [0.717, 1.165) is 10.9 Å². The number of guanidine groups is 1. The number of H-pyrrole nitrogens is 3. The van der Waals surface area contributed by atoms with Gasteiger partial charge in [0.05, 0.1) is 19.4 Å². The first-order chi connectivity index (χ1) is 49.8. The number of hydrogen-bond acceptors (Lipinski definition) is 17. The molecule has 0 bridgehead atoms. The van der Waals surface area contributed by atoms with Crippen LogP contribution in [0.1, 0.15) is 96.8 Å². The number of nitrogens with one attached hydrogen (secondary N) is 13. The highest BCUT2D eigenvalue weighted by molar-refractivity contribution is 7.80. The molecule has 3 aromatic heterocycles. The maximum absolute atomic E-state index is 14.9. The Morgan fingerprint density at radius 1 is 0.467 bits per heavy atom. The average molecular weight is 1480 g/mol. The van der Waals surface area contributed by atoms with E-state index in [1.165, 1.54) is 13.8 Å². The first kappa shape index (κ1) is 82.9. The number of carboxylic acids is 3. The van der Waals surface area contributed by atoms with Gasteiger partial charge in [0.15, 0.2) is 5.96 Å². The molecule has 12 atom stereocenters. The van der Waals surface area contributed by atoms with Crippen molar-refractivity contribution in [1.29, 1.82) is 0 Å². The molecule has 105 heavy (non-hydrogen) atoms. The summed E-state index contributed by atoms with van der Waals surface area (Å²) in [5, 5.41) is 67.1. The van der Waals surface area contributed by atoms with Crippen LogP contribution in [0.15, 0.2) is 96.4 Å². The average Bonchev–Trinajstić information content (AvgIpc) is 1.73. The molecule has 0 unspecified atom stereocenters. The standard InChI is InChI=1S/C70H95N17O17S/c1-7-36(6)58(68(102)85-54(33-105)69(103)104)87-65(99)51(26-39-31-77-46-20-13-10-17-42(39)46)81-64(98)52(27-55(89)90)83-63(97)50(25-38-30-76-45-19-12-9-16-41(38)45)84-67(101)57(35(4)5)86-66(100)53(28-56(91)92)82-60(94)47(21-14-22-74-70(72)73)78-61(95)48(23-34(2)3)80-62(96)49(79-59(93)43(71)32-88)24-37-29-75-44-18-11-8-15-40(37)44/h8-13,15-20,29-31,34-36,43,47-54,57-58,75-77,88,105H,7,14,21-28,32-33,71H2,1-6H3,(H,78,95)(H,79,93)(H,80,96)(H,81,98)(H,82,94)(H,83,97)(H,84,101)(H,85,102)(H,86,100)(H,87,99)(H,89,90)(H,91,92)(H,103,104)(H4,72,73,74)/t36-,43-,47-,48-,49-,50-,51-,52-,53-,54-,57-,58-/m0/s1. The molecule has 3 heterocycles. The third-order valence-electron chi connectivity index (χ3n) is 17.5. The van der Waals surface area contributed by atoms with Gasteiger partial charge in [0.2, 0.25) is 59.1 Å². The number of rotatable bonds is 42. The van der Waals surface area contributed by atoms with Crippen LogP contribution in [0.25, 0.3) is 32.7 Å². The van der Waals surface area contributed by atoms with Crippen molar-refractivity contribution in [3.05, 3.63) is 108 Å². The van der Waals surface area contributed by atoms with Gasteiger partial charge in [0.1, 0.15) is 66.5 Å². The fraction of sp³-hybridized carbons (Fsp3) is 0.457. The molecule has 0 aliphatic rings. The number of carbonyl (C=O) groups excluding carboxylic acids is 10. The first-order valence-corrected chi connectivity index (χ1v) is 34.8. The second-order valence-corrected chi connectivity index (χ2v) is 26.7. The van der Waals surface area contributed by atoms with Crippen molar-refractivity contribution >= 4 is 128 Å². The first-order valence-electron chi connectivity index (χ1n) is 34.2. The number of thiol groups is 1. The molecule has 6 aromatic rings. The van der Waals surface area contributed by atoms with Gasteiger partial charge >= 0.3 is 17.9 Å². The smallest absolute Gasteiger partial charge is 0.327 e. The zero-order chi connectivity index (χ0) is 77.4. The molecule has 0 saturated heterocycles. The molecule has 568 valence electrons. The van der Waals surface area contributed by atoms with E-state index in [2.05, 4.69) is 85.7 Å². The van der Waals surface area contributed by atoms with E-state index < -0.39 is 175 Å². The van der Waals surface area contributed by atoms with Crippen molar-refractivity contribution in [3.8, 4) is 0 Å². The van der Waals surface area contributed by atoms with Crippen molar-refractivity contribution in [2.45, 2.75) is 166 Å². The molecule has 35 heteroatoms. The SMILES string of the molecule is CC[C@H](C)[C@H](NC(=O)[C@H](Cc1c[nH]c2ccccc12)NC(=O)[C@H](CC(=O)O)NC(=O)[C@H](Cc1c[nH]c2ccccc12)NC(=O)[C@@H](NC(=O)[C@H](CC(=O)O)NC(=O)[C@H](CCCN=C(N)N)NC(=O)[C@H](CC(C)C)NC(=O)[C@H](Cc1c[nH]c2ccccc12)NC(=O)[C@@H](N)CO)C(C)C)C(=O)N[C@@H](CS)C(=O)O. The van der Waals surface area contributed by atoms with E-state index in [9.17, 15) is 82.8 Å². The number of para-hydroxylation sites is 3. The van der Waals surface area contributed by atoms with Crippen molar-refractivity contribution in [1.82, 2.24) is 68.1 Å². The second kappa shape index (κ2) is 39.5. The van der Waals surface area contributed by atoms with Crippen LogP contribution in [-0.4, -0.2) is 204 Å². The van der Waals surface area contributed by atoms with Crippen LogP contribution in [-0.2, 0) is 81.6 Å². The quantitative estimate of drug-likeness (QED) is 0.00955. The summed E-state index contributed by atoms with van der Waals surface area (Å²) in [5.41, 5.74) is 20.4. The number of aliphatic hydroxyl groups excluding tert-OH is 1. The predicted octanol–water partition coefficient (Wildman–Crippen LogP) is -0.908. The monoisotopic (exact) mass is 1480 g/mol. The van der Waals surface area contributed by atoms with Crippen molar-refractivity contribution < 1.29 is 82.8 Å². The molecule has 0 fully saturated rings. The summed E-state index contributed by atoms with van der Waals surface area (Å²) in [6.07, 6.45) is 1.82. The number of fused-ring (bicyclic) bond motifs is 3. The van der Waals surface area contributed by atoms with Gasteiger partial charge in [-0.2, -0.15) is 12.6 Å². The number of aliphatic hydroxyl groups is 1. The maximum atomic E-state index is 14.9. The molecule has 0 saturated carbocycles. The van der Waals surface area contributed by atoms with E-state index in [0.29, 0.717) is 44.9 Å². The van der Waals surface area contributed by atoms with Gasteiger partial charge in [0.25, 0.3) is 0 Å². The second-order valence-electron chi connectivity index (χ2n) is 26.4. The lowest BCUT2D eigenvalue weighted by Gasteiger charge is -2.29. The van der Waals surface area contributed by atoms with Gasteiger partial charge in [-0.05, 0) is 71.9 Å². The molecule has 23 N–H and O–H groups in total. The molecule has 10 amide bonds. The summed E-state index contributed by atoms with van der Waals surface area (Å²) in [5.74, 6) is -17.3. The maximum Gasteiger partial charge on any atom is 0.327 e. The van der Waals surface area contributed by atoms with Crippen LogP contribution in [0.5, 0.6) is 0 Å². The molecule has 0 aliphatic carbocycles. The predicted molar refractivity (Wildman–Crippen MR) is 390 cm³/mol. The van der Waals surface area contributed by atoms with Crippen LogP contribution in [0.3, 0.4) is 0 Å². The molecular formula is C70H95N17O17S. The number of carboxylic acid groups (broad SMARTS) is 3. The molecular weight excluding hydrogens is 1380 g/mol. The summed E-state index contributed by atoms with van der Waals surface area (Å²) in [7, 11) is 0. The highest BCUT2D eigenvalue weighted by Crippen LogP contribution is 2.24. The van der Waals surface area contributed by atoms with Crippen LogP contribution >= 0.6 is 12.6 Å². The van der Waals surface area contributed by atoms with Gasteiger partial charge in [-0.15, -0.1) is 0 Å². The zero-order valence-electron chi connectivity index (χ0n) is 59.0. The van der Waals surface area contributed by atoms with Crippen LogP contribution in [0, 0.1) is 17.8 Å². The third-order valence-corrected chi connectivity index (χ3v) is 17.9. The fourth-order valence-corrected chi connectivity index (χ4v) is 11.9. The lowest BCUT2D eigenvalue weighted by atomic mass is 9.96. The van der Waals surface area contributed by atoms with Gasteiger partial charge in [0, 0.05) is 82.9 Å². The number of aliphatic carboxylic acids is 3. The molecule has 6 rings (SSSR count). The minimum absolute atomic E-state index is 0.00190. The Labute approximate surface area is 609 Å². The number of hydrogen-bond donors (Lipinski definition) is 21. The van der Waals surface area contributed by atoms with Crippen molar-refractivity contribution in [2.24, 2.45) is 39.9 Å². The largest absolute Gasteiger partial charge is 0.481 e. The van der Waals surface area contributed by atoms with E-state index in [1.807, 2.05) is 0 Å². The van der Waals surface area contributed by atoms with E-state index in [4.69, 9.17) is 17.2 Å². The molecule has 34 nitrogen and oxygen atoms in total. The van der Waals surface area contributed by atoms with Crippen LogP contribution in [0.2, 0.25) is 0 Å². The zero-order valence-corrected chi connectivity index (χ0v) is 59.8. The number of aromatic amines is 3. The Morgan fingerprint density at radius 3 is 1.23 bits per heavy atom. The lowest BCUT2D eigenvalue weighted by molar-refractivity contribution is -0.142. The number of nitrogens with zero attached hydrogens (tertiary/aromatic N) is 1. The van der Waals surface area contributed by atoms with E-state index in [1.54, 1.807) is 119 Å². The highest BCUT2D eigenvalue weighted by Gasteiger charge is 2.39. The Hall–Kier alpha value is -11.1. The fourth-order valence-electron chi connectivity index (χ4n) is 11.6. The number of aromatic nitrogens is 3. The number of benzene rings is 3. The number of amides is 10. The number of aliphatic imine (C=N–C) groups is 1. The van der Waals surface area contributed by atoms with Crippen molar-refractivity contribution in [2.75, 3.05) is 18.9 Å². The van der Waals surface area contributed by atoms with E-state index >= 15 is 0 Å². The Morgan fingerprint density at radius 2 is 0.819 bits per heavy atom. The Kier molecular flexibility index (Phi) is 31.2. The lowest BCUT2D eigenvalue weighted by Crippen LogP contribution is -2.62. The molecule has 0 aliphatic heterocycles. The van der Waals surface area contributed by atoms with Crippen LogP contribution < -0.4 is 70.4 Å². The summed E-state index contributed by atoms with van der Waals surface area (Å²) < 4.78 is 0. The molecule has 0 radical (unpaired) electrons. The number of carbonyl (C=O) groups is 13. The van der Waals surface area contributed by atoms with E-state index in [-0.39, 0.29) is 62.7 Å². The minimum atomic E-state index is -2.00. The summed E-state index contributed by atoms with van der Waals surface area (Å²) in [6, 6.07) is 3.41. The summed E-state index contributed by atoms with van der Waals surface area (Å²) >= 11 is 4.03. The van der Waals surface area contributed by atoms with Gasteiger partial charge < -0.3 is 106 Å². The van der Waals surface area contributed by atoms with Gasteiger partial charge in [-0.3, -0.25) is 62.5 Å². The normalized spacial score (nSPS) is 14.8. The molecule has 3 aromatic carbocycles. The number of nitrogens with two attached hydrogens (primary N) is 3.